The van der Waals surface area contributed by atoms with E-state index in [0.29, 0.717) is 6.10 Å². The maximum atomic E-state index is 5.58. The van der Waals surface area contributed by atoms with Gasteiger partial charge in [0, 0.05) is 18.5 Å². The maximum Gasteiger partial charge on any atom is 0.0897 e. The number of ether oxygens (including phenoxy) is 1. The zero-order valence-electron chi connectivity index (χ0n) is 9.87. The first kappa shape index (κ1) is 12.0. The normalized spacial score (nSPS) is 20.4. The van der Waals surface area contributed by atoms with Crippen molar-refractivity contribution >= 4 is 11.3 Å². The quantitative estimate of drug-likeness (QED) is 0.776. The van der Waals surface area contributed by atoms with Crippen molar-refractivity contribution in [1.82, 2.24) is 10.3 Å². The lowest BCUT2D eigenvalue weighted by molar-refractivity contribution is 0.102. The fraction of sp³-hybridized carbons (Fsp3) is 0.750. The van der Waals surface area contributed by atoms with Crippen molar-refractivity contribution in [2.75, 3.05) is 13.2 Å². The molecule has 3 nitrogen and oxygen atoms in total. The average Bonchev–Trinajstić information content (AvgIpc) is 2.89. The van der Waals surface area contributed by atoms with E-state index >= 15 is 0 Å². The zero-order valence-corrected chi connectivity index (χ0v) is 10.7. The molecule has 0 amide bonds. The molecule has 2 rings (SSSR count). The molecule has 1 unspecified atom stereocenters. The Morgan fingerprint density at radius 1 is 1.62 bits per heavy atom. The summed E-state index contributed by atoms with van der Waals surface area (Å²) < 4.78 is 5.58. The first-order chi connectivity index (χ1) is 7.84. The van der Waals surface area contributed by atoms with Crippen molar-refractivity contribution in [3.05, 3.63) is 16.1 Å². The van der Waals surface area contributed by atoms with Crippen LogP contribution in [0.4, 0.5) is 0 Å². The largest absolute Gasteiger partial charge is 0.378 e. The fourth-order valence-corrected chi connectivity index (χ4v) is 2.65. The summed E-state index contributed by atoms with van der Waals surface area (Å²) in [5, 5.41) is 6.70. The van der Waals surface area contributed by atoms with Gasteiger partial charge >= 0.3 is 0 Å². The number of thiazole rings is 1. The Hall–Kier alpha value is -0.450. The molecule has 0 aromatic carbocycles. The topological polar surface area (TPSA) is 34.2 Å². The van der Waals surface area contributed by atoms with E-state index < -0.39 is 0 Å². The minimum absolute atomic E-state index is 0.531. The second-order valence-corrected chi connectivity index (χ2v) is 5.37. The highest BCUT2D eigenvalue weighted by Gasteiger charge is 2.14. The van der Waals surface area contributed by atoms with Gasteiger partial charge in [-0.05, 0) is 39.2 Å². The lowest BCUT2D eigenvalue weighted by Gasteiger charge is -2.08. The summed E-state index contributed by atoms with van der Waals surface area (Å²) in [6.07, 6.45) is 5.43. The molecular formula is C12H20N2OS. The summed E-state index contributed by atoms with van der Waals surface area (Å²) in [6.45, 7) is 4.98. The van der Waals surface area contributed by atoms with Crippen molar-refractivity contribution in [1.29, 1.82) is 0 Å². The lowest BCUT2D eigenvalue weighted by atomic mass is 10.1. The van der Waals surface area contributed by atoms with Crippen molar-refractivity contribution in [3.8, 4) is 0 Å². The molecule has 16 heavy (non-hydrogen) atoms. The van der Waals surface area contributed by atoms with Gasteiger partial charge in [0.05, 0.1) is 16.8 Å². The smallest absolute Gasteiger partial charge is 0.0897 e. The Balaban J connectivity index is 1.51. The maximum absolute atomic E-state index is 5.58. The Morgan fingerprint density at radius 2 is 2.56 bits per heavy atom. The monoisotopic (exact) mass is 240 g/mol. The third-order valence-corrected chi connectivity index (χ3v) is 3.70. The Labute approximate surface area is 101 Å². The first-order valence-electron chi connectivity index (χ1n) is 6.08. The molecule has 1 atom stereocenters. The van der Waals surface area contributed by atoms with Gasteiger partial charge in [0.1, 0.15) is 0 Å². The molecular weight excluding hydrogens is 220 g/mol. The molecule has 1 aromatic rings. The SMILES string of the molecule is Cc1nc(CNCCCC2CCCO2)cs1. The van der Waals surface area contributed by atoms with Crippen LogP contribution >= 0.6 is 11.3 Å². The minimum Gasteiger partial charge on any atom is -0.378 e. The summed E-state index contributed by atoms with van der Waals surface area (Å²) in [5.74, 6) is 0. The molecule has 1 aliphatic heterocycles. The molecule has 0 bridgehead atoms. The van der Waals surface area contributed by atoms with Crippen LogP contribution in [0.1, 0.15) is 36.4 Å². The van der Waals surface area contributed by atoms with Crippen LogP contribution in [0.25, 0.3) is 0 Å². The van der Waals surface area contributed by atoms with E-state index in [1.165, 1.54) is 31.4 Å². The number of hydrogen-bond acceptors (Lipinski definition) is 4. The molecule has 1 aromatic heterocycles. The number of aromatic nitrogens is 1. The van der Waals surface area contributed by atoms with Crippen molar-refractivity contribution in [2.45, 2.75) is 45.3 Å². The van der Waals surface area contributed by atoms with E-state index in [4.69, 9.17) is 4.74 Å². The summed E-state index contributed by atoms with van der Waals surface area (Å²) in [7, 11) is 0. The van der Waals surface area contributed by atoms with E-state index in [2.05, 4.69) is 15.7 Å². The Bertz CT molecular complexity index is 308. The highest BCUT2D eigenvalue weighted by molar-refractivity contribution is 7.09. The third-order valence-electron chi connectivity index (χ3n) is 2.88. The van der Waals surface area contributed by atoms with E-state index in [1.807, 2.05) is 6.92 Å². The average molecular weight is 240 g/mol. The molecule has 4 heteroatoms. The van der Waals surface area contributed by atoms with Crippen LogP contribution in [0.2, 0.25) is 0 Å². The third kappa shape index (κ3) is 3.85. The molecule has 2 heterocycles. The standard InChI is InChI=1S/C12H20N2OS/c1-10-14-11(9-16-10)8-13-6-2-4-12-5-3-7-15-12/h9,12-13H,2-8H2,1H3. The van der Waals surface area contributed by atoms with Crippen LogP contribution < -0.4 is 5.32 Å². The number of nitrogens with zero attached hydrogens (tertiary/aromatic N) is 1. The Morgan fingerprint density at radius 3 is 3.25 bits per heavy atom. The van der Waals surface area contributed by atoms with Crippen LogP contribution in [0.3, 0.4) is 0 Å². The van der Waals surface area contributed by atoms with Crippen LogP contribution in [-0.4, -0.2) is 24.2 Å². The van der Waals surface area contributed by atoms with Crippen LogP contribution in [-0.2, 0) is 11.3 Å². The van der Waals surface area contributed by atoms with Gasteiger partial charge in [-0.25, -0.2) is 4.98 Å². The van der Waals surface area contributed by atoms with Gasteiger partial charge in [-0.2, -0.15) is 0 Å². The summed E-state index contributed by atoms with van der Waals surface area (Å²) in [6, 6.07) is 0. The van der Waals surface area contributed by atoms with Crippen LogP contribution in [0.15, 0.2) is 5.38 Å². The van der Waals surface area contributed by atoms with Crippen molar-refractivity contribution in [3.63, 3.8) is 0 Å². The van der Waals surface area contributed by atoms with E-state index in [9.17, 15) is 0 Å². The number of hydrogen-bond donors (Lipinski definition) is 1. The predicted molar refractivity (Wildman–Crippen MR) is 66.8 cm³/mol. The zero-order chi connectivity index (χ0) is 11.2. The van der Waals surface area contributed by atoms with Gasteiger partial charge in [-0.15, -0.1) is 11.3 Å². The number of aryl methyl sites for hydroxylation is 1. The molecule has 90 valence electrons. The van der Waals surface area contributed by atoms with Gasteiger partial charge in [-0.1, -0.05) is 0 Å². The molecule has 0 spiro atoms. The van der Waals surface area contributed by atoms with Gasteiger partial charge in [0.25, 0.3) is 0 Å². The van der Waals surface area contributed by atoms with Gasteiger partial charge in [0.15, 0.2) is 0 Å². The molecule has 0 aliphatic carbocycles. The molecule has 1 fully saturated rings. The summed E-state index contributed by atoms with van der Waals surface area (Å²) in [5.41, 5.74) is 1.17. The summed E-state index contributed by atoms with van der Waals surface area (Å²) >= 11 is 1.72. The van der Waals surface area contributed by atoms with Gasteiger partial charge < -0.3 is 10.1 Å². The molecule has 1 N–H and O–H groups in total. The van der Waals surface area contributed by atoms with Crippen molar-refractivity contribution in [2.24, 2.45) is 0 Å². The fourth-order valence-electron chi connectivity index (χ4n) is 2.03. The van der Waals surface area contributed by atoms with E-state index in [-0.39, 0.29) is 0 Å². The second kappa shape index (κ2) is 6.33. The highest BCUT2D eigenvalue weighted by Crippen LogP contribution is 2.16. The van der Waals surface area contributed by atoms with E-state index in [0.717, 1.165) is 24.7 Å². The molecule has 0 saturated carbocycles. The van der Waals surface area contributed by atoms with Gasteiger partial charge in [0.2, 0.25) is 0 Å². The van der Waals surface area contributed by atoms with Crippen molar-refractivity contribution < 1.29 is 4.74 Å². The van der Waals surface area contributed by atoms with Crippen LogP contribution in [0, 0.1) is 6.92 Å². The molecule has 0 radical (unpaired) electrons. The molecule has 1 saturated heterocycles. The Kier molecular flexibility index (Phi) is 4.75. The minimum atomic E-state index is 0.531. The van der Waals surface area contributed by atoms with Crippen LogP contribution in [0.5, 0.6) is 0 Å². The van der Waals surface area contributed by atoms with Gasteiger partial charge in [-0.3, -0.25) is 0 Å². The second-order valence-electron chi connectivity index (χ2n) is 4.31. The molecule has 1 aliphatic rings. The number of rotatable bonds is 6. The predicted octanol–water partition coefficient (Wildman–Crippen LogP) is 2.50. The highest BCUT2D eigenvalue weighted by atomic mass is 32.1. The summed E-state index contributed by atoms with van der Waals surface area (Å²) in [4.78, 5) is 4.42. The van der Waals surface area contributed by atoms with E-state index in [1.54, 1.807) is 11.3 Å². The first-order valence-corrected chi connectivity index (χ1v) is 6.96. The number of nitrogens with one attached hydrogen (secondary N) is 1. The lowest BCUT2D eigenvalue weighted by Crippen LogP contribution is -2.17.